The van der Waals surface area contributed by atoms with Gasteiger partial charge in [-0.15, -0.1) is 0 Å². The molecule has 0 atom stereocenters. The first-order chi connectivity index (χ1) is 8.26. The minimum atomic E-state index is 1.01. The molecule has 1 aromatic carbocycles. The molecule has 0 saturated carbocycles. The van der Waals surface area contributed by atoms with Gasteiger partial charge >= 0.3 is 0 Å². The van der Waals surface area contributed by atoms with Crippen molar-refractivity contribution in [3.05, 3.63) is 23.3 Å². The van der Waals surface area contributed by atoms with Gasteiger partial charge in [0.1, 0.15) is 0 Å². The van der Waals surface area contributed by atoms with Crippen molar-refractivity contribution in [3.8, 4) is 0 Å². The van der Waals surface area contributed by atoms with Gasteiger partial charge < -0.3 is 10.6 Å². The maximum atomic E-state index is 6.18. The molecule has 1 aliphatic rings. The monoisotopic (exact) mass is 232 g/mol. The SMILES string of the molecule is CCc1cc(N2CCCCC2)cc(CC)c1N. The molecule has 2 nitrogen and oxygen atoms in total. The van der Waals surface area contributed by atoms with E-state index in [1.807, 2.05) is 0 Å². The van der Waals surface area contributed by atoms with E-state index < -0.39 is 0 Å². The Morgan fingerprint density at radius 1 is 1.00 bits per heavy atom. The van der Waals surface area contributed by atoms with E-state index in [9.17, 15) is 0 Å². The zero-order valence-corrected chi connectivity index (χ0v) is 11.1. The molecule has 0 spiro atoms. The molecule has 94 valence electrons. The maximum absolute atomic E-state index is 6.18. The van der Waals surface area contributed by atoms with Crippen LogP contribution in [-0.4, -0.2) is 13.1 Å². The van der Waals surface area contributed by atoms with E-state index in [0.29, 0.717) is 0 Å². The molecule has 1 saturated heterocycles. The van der Waals surface area contributed by atoms with Crippen LogP contribution in [0.3, 0.4) is 0 Å². The van der Waals surface area contributed by atoms with Gasteiger partial charge in [0.25, 0.3) is 0 Å². The third kappa shape index (κ3) is 2.56. The summed E-state index contributed by atoms with van der Waals surface area (Å²) in [5.41, 5.74) is 11.2. The van der Waals surface area contributed by atoms with Crippen molar-refractivity contribution in [2.24, 2.45) is 0 Å². The van der Waals surface area contributed by atoms with E-state index in [2.05, 4.69) is 30.9 Å². The minimum Gasteiger partial charge on any atom is -0.398 e. The molecule has 17 heavy (non-hydrogen) atoms. The van der Waals surface area contributed by atoms with E-state index in [1.54, 1.807) is 0 Å². The van der Waals surface area contributed by atoms with Crippen LogP contribution in [0.15, 0.2) is 12.1 Å². The highest BCUT2D eigenvalue weighted by Gasteiger charge is 2.13. The molecule has 0 bridgehead atoms. The number of aryl methyl sites for hydroxylation is 2. The molecule has 0 aromatic heterocycles. The van der Waals surface area contributed by atoms with Gasteiger partial charge in [-0.25, -0.2) is 0 Å². The van der Waals surface area contributed by atoms with Crippen LogP contribution in [0.25, 0.3) is 0 Å². The van der Waals surface area contributed by atoms with E-state index >= 15 is 0 Å². The zero-order chi connectivity index (χ0) is 12.3. The summed E-state index contributed by atoms with van der Waals surface area (Å²) in [5, 5.41) is 0. The highest BCUT2D eigenvalue weighted by molar-refractivity contribution is 5.63. The van der Waals surface area contributed by atoms with Gasteiger partial charge in [-0.1, -0.05) is 13.8 Å². The molecule has 0 amide bonds. The van der Waals surface area contributed by atoms with Gasteiger partial charge in [-0.3, -0.25) is 0 Å². The Bertz CT molecular complexity index is 354. The number of anilines is 2. The fourth-order valence-corrected chi connectivity index (χ4v) is 2.68. The van der Waals surface area contributed by atoms with Crippen molar-refractivity contribution in [3.63, 3.8) is 0 Å². The summed E-state index contributed by atoms with van der Waals surface area (Å²) in [7, 11) is 0. The molecule has 1 aliphatic heterocycles. The Morgan fingerprint density at radius 3 is 2.00 bits per heavy atom. The molecule has 0 radical (unpaired) electrons. The third-order valence-corrected chi connectivity index (χ3v) is 3.82. The van der Waals surface area contributed by atoms with E-state index in [1.165, 1.54) is 49.2 Å². The maximum Gasteiger partial charge on any atom is 0.0380 e. The Balaban J connectivity index is 2.33. The van der Waals surface area contributed by atoms with Crippen LogP contribution < -0.4 is 10.6 Å². The largest absolute Gasteiger partial charge is 0.398 e. The lowest BCUT2D eigenvalue weighted by Gasteiger charge is -2.30. The Hall–Kier alpha value is -1.18. The normalized spacial score (nSPS) is 16.2. The Kier molecular flexibility index (Phi) is 3.93. The second kappa shape index (κ2) is 5.44. The molecule has 2 rings (SSSR count). The number of nitrogen functional groups attached to an aromatic ring is 1. The molecule has 2 heteroatoms. The molecule has 2 N–H and O–H groups in total. The number of rotatable bonds is 3. The Morgan fingerprint density at radius 2 is 1.53 bits per heavy atom. The van der Waals surface area contributed by atoms with Gasteiger partial charge in [0, 0.05) is 24.5 Å². The molecule has 0 aliphatic carbocycles. The quantitative estimate of drug-likeness (QED) is 0.809. The molecule has 1 heterocycles. The van der Waals surface area contributed by atoms with Crippen molar-refractivity contribution in [1.29, 1.82) is 0 Å². The summed E-state index contributed by atoms with van der Waals surface area (Å²) in [5.74, 6) is 0. The molecular weight excluding hydrogens is 208 g/mol. The number of benzene rings is 1. The van der Waals surface area contributed by atoms with Crippen molar-refractivity contribution in [2.45, 2.75) is 46.0 Å². The van der Waals surface area contributed by atoms with Crippen LogP contribution in [0, 0.1) is 0 Å². The number of piperidine rings is 1. The van der Waals surface area contributed by atoms with E-state index in [0.717, 1.165) is 18.5 Å². The minimum absolute atomic E-state index is 1.01. The van der Waals surface area contributed by atoms with Crippen LogP contribution in [0.2, 0.25) is 0 Å². The van der Waals surface area contributed by atoms with Gasteiger partial charge in [-0.2, -0.15) is 0 Å². The third-order valence-electron chi connectivity index (χ3n) is 3.82. The van der Waals surface area contributed by atoms with Gasteiger partial charge in [0.2, 0.25) is 0 Å². The van der Waals surface area contributed by atoms with Crippen LogP contribution in [-0.2, 0) is 12.8 Å². The fraction of sp³-hybridized carbons (Fsp3) is 0.600. The second-order valence-electron chi connectivity index (χ2n) is 4.93. The molecule has 0 unspecified atom stereocenters. The lowest BCUT2D eigenvalue weighted by Crippen LogP contribution is -2.29. The first-order valence-corrected chi connectivity index (χ1v) is 6.92. The van der Waals surface area contributed by atoms with E-state index in [-0.39, 0.29) is 0 Å². The molecular formula is C15H24N2. The second-order valence-corrected chi connectivity index (χ2v) is 4.93. The number of nitrogens with two attached hydrogens (primary N) is 1. The first-order valence-electron chi connectivity index (χ1n) is 6.92. The predicted molar refractivity (Wildman–Crippen MR) is 75.7 cm³/mol. The number of hydrogen-bond acceptors (Lipinski definition) is 2. The zero-order valence-electron chi connectivity index (χ0n) is 11.1. The van der Waals surface area contributed by atoms with Gasteiger partial charge in [0.15, 0.2) is 0 Å². The van der Waals surface area contributed by atoms with Crippen molar-refractivity contribution < 1.29 is 0 Å². The Labute approximate surface area is 105 Å². The van der Waals surface area contributed by atoms with Crippen molar-refractivity contribution >= 4 is 11.4 Å². The fourth-order valence-electron chi connectivity index (χ4n) is 2.68. The smallest absolute Gasteiger partial charge is 0.0380 e. The first kappa shape index (κ1) is 12.3. The standard InChI is InChI=1S/C15H24N2/c1-3-12-10-14(11-13(4-2)15(12)16)17-8-6-5-7-9-17/h10-11H,3-9,16H2,1-2H3. The number of hydrogen-bond donors (Lipinski definition) is 1. The molecule has 1 aromatic rings. The average Bonchev–Trinajstić information content (AvgIpc) is 2.40. The van der Waals surface area contributed by atoms with Crippen LogP contribution in [0.4, 0.5) is 11.4 Å². The van der Waals surface area contributed by atoms with Gasteiger partial charge in [0.05, 0.1) is 0 Å². The lowest BCUT2D eigenvalue weighted by atomic mass is 10.0. The van der Waals surface area contributed by atoms with Crippen LogP contribution >= 0.6 is 0 Å². The van der Waals surface area contributed by atoms with E-state index in [4.69, 9.17) is 5.73 Å². The van der Waals surface area contributed by atoms with Crippen LogP contribution in [0.1, 0.15) is 44.2 Å². The highest BCUT2D eigenvalue weighted by Crippen LogP contribution is 2.28. The summed E-state index contributed by atoms with van der Waals surface area (Å²) < 4.78 is 0. The summed E-state index contributed by atoms with van der Waals surface area (Å²) >= 11 is 0. The van der Waals surface area contributed by atoms with Crippen LogP contribution in [0.5, 0.6) is 0 Å². The summed E-state index contributed by atoms with van der Waals surface area (Å²) in [6, 6.07) is 4.58. The van der Waals surface area contributed by atoms with Crippen molar-refractivity contribution in [2.75, 3.05) is 23.7 Å². The predicted octanol–water partition coefficient (Wildman–Crippen LogP) is 3.38. The summed E-state index contributed by atoms with van der Waals surface area (Å²) in [6.45, 7) is 6.78. The topological polar surface area (TPSA) is 29.3 Å². The van der Waals surface area contributed by atoms with Gasteiger partial charge in [-0.05, 0) is 55.4 Å². The lowest BCUT2D eigenvalue weighted by molar-refractivity contribution is 0.577. The summed E-state index contributed by atoms with van der Waals surface area (Å²) in [6.07, 6.45) is 6.09. The number of nitrogens with zero attached hydrogens (tertiary/aromatic N) is 1. The average molecular weight is 232 g/mol. The summed E-state index contributed by atoms with van der Waals surface area (Å²) in [4.78, 5) is 2.52. The highest BCUT2D eigenvalue weighted by atomic mass is 15.1. The van der Waals surface area contributed by atoms with Crippen molar-refractivity contribution in [1.82, 2.24) is 0 Å². The molecule has 1 fully saturated rings.